The van der Waals surface area contributed by atoms with Gasteiger partial charge >= 0.3 is 12.0 Å². The van der Waals surface area contributed by atoms with Crippen molar-refractivity contribution in [2.24, 2.45) is 0 Å². The molecular weight excluding hydrogens is 344 g/mol. The second kappa shape index (κ2) is 7.92. The quantitative estimate of drug-likeness (QED) is 0.777. The Bertz CT molecular complexity index is 787. The monoisotopic (exact) mass is 370 g/mol. The highest BCUT2D eigenvalue weighted by Crippen LogP contribution is 2.12. The van der Waals surface area contributed by atoms with Crippen LogP contribution in [0.25, 0.3) is 0 Å². The lowest BCUT2D eigenvalue weighted by Gasteiger charge is -2.34. The zero-order valence-corrected chi connectivity index (χ0v) is 16.1. The molecule has 0 bridgehead atoms. The van der Waals surface area contributed by atoms with E-state index in [0.717, 1.165) is 19.6 Å². The summed E-state index contributed by atoms with van der Waals surface area (Å²) in [6, 6.07) is 11.6. The Morgan fingerprint density at radius 2 is 1.70 bits per heavy atom. The first-order chi connectivity index (χ1) is 12.8. The van der Waals surface area contributed by atoms with Crippen LogP contribution in [0.1, 0.15) is 36.8 Å². The van der Waals surface area contributed by atoms with E-state index >= 15 is 0 Å². The van der Waals surface area contributed by atoms with Crippen LogP contribution < -0.4 is 0 Å². The molecule has 3 rings (SSSR count). The molecule has 7 heteroatoms. The maximum atomic E-state index is 12.6. The number of esters is 1. The van der Waals surface area contributed by atoms with Crippen LogP contribution in [0.5, 0.6) is 0 Å². The number of aromatic nitrogens is 2. The van der Waals surface area contributed by atoms with Gasteiger partial charge in [0.25, 0.3) is 0 Å². The predicted molar refractivity (Wildman–Crippen MR) is 101 cm³/mol. The zero-order valence-electron chi connectivity index (χ0n) is 16.1. The van der Waals surface area contributed by atoms with Crippen molar-refractivity contribution in [3.05, 3.63) is 53.9 Å². The van der Waals surface area contributed by atoms with Crippen molar-refractivity contribution in [3.63, 3.8) is 0 Å². The van der Waals surface area contributed by atoms with E-state index in [-0.39, 0.29) is 11.7 Å². The Morgan fingerprint density at radius 3 is 2.33 bits per heavy atom. The molecule has 0 atom stereocenters. The molecule has 0 saturated carbocycles. The smallest absolute Gasteiger partial charge is 0.359 e. The maximum Gasteiger partial charge on any atom is 0.359 e. The second-order valence-corrected chi connectivity index (χ2v) is 7.68. The normalized spacial score (nSPS) is 15.6. The average molecular weight is 370 g/mol. The summed E-state index contributed by atoms with van der Waals surface area (Å²) < 4.78 is 6.50. The van der Waals surface area contributed by atoms with Gasteiger partial charge in [0.2, 0.25) is 0 Å². The van der Waals surface area contributed by atoms with E-state index in [1.54, 1.807) is 25.7 Å². The van der Waals surface area contributed by atoms with Crippen molar-refractivity contribution < 1.29 is 14.3 Å². The van der Waals surface area contributed by atoms with Crippen LogP contribution in [0, 0.1) is 0 Å². The van der Waals surface area contributed by atoms with Gasteiger partial charge < -0.3 is 9.64 Å². The Morgan fingerprint density at radius 1 is 1.04 bits per heavy atom. The predicted octanol–water partition coefficient (Wildman–Crippen LogP) is 2.62. The number of hydrogen-bond acceptors (Lipinski definition) is 5. The van der Waals surface area contributed by atoms with Gasteiger partial charge in [-0.25, -0.2) is 9.59 Å². The van der Waals surface area contributed by atoms with Crippen LogP contribution in [0.15, 0.2) is 42.6 Å². The third kappa shape index (κ3) is 5.17. The van der Waals surface area contributed by atoms with Crippen LogP contribution in [-0.2, 0) is 11.3 Å². The van der Waals surface area contributed by atoms with Crippen molar-refractivity contribution in [1.29, 1.82) is 0 Å². The Balaban J connectivity index is 1.54. The molecular formula is C20H26N4O3. The molecule has 0 N–H and O–H groups in total. The van der Waals surface area contributed by atoms with Gasteiger partial charge in [-0.1, -0.05) is 30.3 Å². The van der Waals surface area contributed by atoms with Gasteiger partial charge in [-0.3, -0.25) is 4.90 Å². The van der Waals surface area contributed by atoms with Crippen molar-refractivity contribution in [2.75, 3.05) is 26.2 Å². The minimum atomic E-state index is -0.597. The molecule has 0 unspecified atom stereocenters. The number of amides is 1. The summed E-state index contributed by atoms with van der Waals surface area (Å²) in [5.41, 5.74) is 0.812. The fourth-order valence-corrected chi connectivity index (χ4v) is 2.95. The molecule has 1 saturated heterocycles. The second-order valence-electron chi connectivity index (χ2n) is 7.68. The Kier molecular flexibility index (Phi) is 5.60. The van der Waals surface area contributed by atoms with Gasteiger partial charge in [0.15, 0.2) is 5.69 Å². The number of ether oxygens (including phenoxy) is 1. The topological polar surface area (TPSA) is 67.7 Å². The maximum absolute atomic E-state index is 12.6. The molecule has 2 aromatic rings. The van der Waals surface area contributed by atoms with E-state index in [9.17, 15) is 9.59 Å². The number of rotatable bonds is 3. The molecule has 7 nitrogen and oxygen atoms in total. The Labute approximate surface area is 159 Å². The number of benzene rings is 1. The van der Waals surface area contributed by atoms with Gasteiger partial charge in [-0.2, -0.15) is 9.78 Å². The molecule has 1 aliphatic rings. The lowest BCUT2D eigenvalue weighted by molar-refractivity contribution is 0.00623. The number of carbonyl (C=O) groups excluding carboxylic acids is 2. The van der Waals surface area contributed by atoms with E-state index < -0.39 is 11.6 Å². The van der Waals surface area contributed by atoms with E-state index in [1.165, 1.54) is 22.5 Å². The van der Waals surface area contributed by atoms with E-state index in [4.69, 9.17) is 4.74 Å². The largest absolute Gasteiger partial charge is 0.455 e. The summed E-state index contributed by atoms with van der Waals surface area (Å²) >= 11 is 0. The SMILES string of the molecule is CC(C)(C)OC(=O)c1ccn(C(=O)N2CCN(Cc3ccccc3)CC2)n1. The first-order valence-electron chi connectivity index (χ1n) is 9.16. The lowest BCUT2D eigenvalue weighted by atomic mass is 10.2. The van der Waals surface area contributed by atoms with Crippen molar-refractivity contribution in [1.82, 2.24) is 19.6 Å². The summed E-state index contributed by atoms with van der Waals surface area (Å²) in [7, 11) is 0. The summed E-state index contributed by atoms with van der Waals surface area (Å²) in [5.74, 6) is -0.526. The Hall–Kier alpha value is -2.67. The minimum Gasteiger partial charge on any atom is -0.455 e. The number of hydrogen-bond donors (Lipinski definition) is 0. The molecule has 0 spiro atoms. The first-order valence-corrected chi connectivity index (χ1v) is 9.16. The highest BCUT2D eigenvalue weighted by Gasteiger charge is 2.25. The molecule has 0 radical (unpaired) electrons. The van der Waals surface area contributed by atoms with E-state index in [1.807, 2.05) is 18.2 Å². The summed E-state index contributed by atoms with van der Waals surface area (Å²) in [6.07, 6.45) is 1.51. The van der Waals surface area contributed by atoms with Gasteiger partial charge in [0.1, 0.15) is 5.60 Å². The van der Waals surface area contributed by atoms with E-state index in [0.29, 0.717) is 13.1 Å². The summed E-state index contributed by atoms with van der Waals surface area (Å²) in [6.45, 7) is 9.14. The molecule has 1 aromatic heterocycles. The molecule has 0 aliphatic carbocycles. The molecule has 27 heavy (non-hydrogen) atoms. The zero-order chi connectivity index (χ0) is 19.4. The highest BCUT2D eigenvalue weighted by molar-refractivity contribution is 5.88. The molecule has 1 fully saturated rings. The summed E-state index contributed by atoms with van der Waals surface area (Å²) in [5, 5.41) is 4.09. The van der Waals surface area contributed by atoms with E-state index in [2.05, 4.69) is 22.1 Å². The lowest BCUT2D eigenvalue weighted by Crippen LogP contribution is -2.49. The van der Waals surface area contributed by atoms with Gasteiger partial charge in [0.05, 0.1) is 0 Å². The molecule has 1 aliphatic heterocycles. The average Bonchev–Trinajstić information content (AvgIpc) is 3.12. The number of piperazine rings is 1. The van der Waals surface area contributed by atoms with Crippen LogP contribution in [0.4, 0.5) is 4.79 Å². The molecule has 1 aromatic carbocycles. The standard InChI is InChI=1S/C20H26N4O3/c1-20(2,3)27-18(25)17-9-10-24(21-17)19(26)23-13-11-22(12-14-23)15-16-7-5-4-6-8-16/h4-10H,11-15H2,1-3H3. The van der Waals surface area contributed by atoms with Crippen molar-refractivity contribution in [2.45, 2.75) is 32.9 Å². The van der Waals surface area contributed by atoms with Gasteiger partial charge in [0, 0.05) is 38.9 Å². The highest BCUT2D eigenvalue weighted by atomic mass is 16.6. The van der Waals surface area contributed by atoms with Crippen LogP contribution in [-0.4, -0.2) is 63.4 Å². The minimum absolute atomic E-state index is 0.140. The van der Waals surface area contributed by atoms with Crippen molar-refractivity contribution >= 4 is 12.0 Å². The fraction of sp³-hybridized carbons (Fsp3) is 0.450. The number of carbonyl (C=O) groups is 2. The van der Waals surface area contributed by atoms with Crippen LogP contribution in [0.2, 0.25) is 0 Å². The van der Waals surface area contributed by atoms with Crippen molar-refractivity contribution in [3.8, 4) is 0 Å². The molecule has 1 amide bonds. The fourth-order valence-electron chi connectivity index (χ4n) is 2.95. The molecule has 2 heterocycles. The molecule has 144 valence electrons. The third-order valence-corrected chi connectivity index (χ3v) is 4.28. The number of nitrogens with zero attached hydrogens (tertiary/aromatic N) is 4. The van der Waals surface area contributed by atoms with Gasteiger partial charge in [-0.05, 0) is 32.4 Å². The first kappa shape index (κ1) is 19.1. The van der Waals surface area contributed by atoms with Gasteiger partial charge in [-0.15, -0.1) is 0 Å². The summed E-state index contributed by atoms with van der Waals surface area (Å²) in [4.78, 5) is 28.8. The van der Waals surface area contributed by atoms with Crippen LogP contribution in [0.3, 0.4) is 0 Å². The third-order valence-electron chi connectivity index (χ3n) is 4.28. The van der Waals surface area contributed by atoms with Crippen LogP contribution >= 0.6 is 0 Å².